The molecule has 0 bridgehead atoms. The van der Waals surface area contributed by atoms with E-state index in [9.17, 15) is 14.0 Å². The molecule has 1 heterocycles. The van der Waals surface area contributed by atoms with Crippen molar-refractivity contribution in [2.45, 2.75) is 13.3 Å². The van der Waals surface area contributed by atoms with Gasteiger partial charge in [-0.1, -0.05) is 18.2 Å². The molecule has 1 aliphatic heterocycles. The normalized spacial score (nSPS) is 14.7. The summed E-state index contributed by atoms with van der Waals surface area (Å²) in [7, 11) is 0. The highest BCUT2D eigenvalue weighted by molar-refractivity contribution is 5.97. The van der Waals surface area contributed by atoms with E-state index in [-0.39, 0.29) is 24.1 Å². The maximum Gasteiger partial charge on any atom is 0.226 e. The van der Waals surface area contributed by atoms with Crippen molar-refractivity contribution in [2.24, 2.45) is 0 Å². The smallest absolute Gasteiger partial charge is 0.226 e. The Balaban J connectivity index is 1.40. The molecule has 28 heavy (non-hydrogen) atoms. The lowest BCUT2D eigenvalue weighted by molar-refractivity contribution is -0.133. The molecule has 0 unspecified atom stereocenters. The van der Waals surface area contributed by atoms with Crippen molar-refractivity contribution in [2.75, 3.05) is 39.3 Å². The number of halogens is 1. The number of ether oxygens (including phenoxy) is 1. The van der Waals surface area contributed by atoms with Crippen LogP contribution in [0.25, 0.3) is 0 Å². The Bertz CT molecular complexity index is 818. The molecule has 148 valence electrons. The molecule has 5 nitrogen and oxygen atoms in total. The number of para-hydroxylation sites is 1. The van der Waals surface area contributed by atoms with E-state index in [2.05, 4.69) is 0 Å². The minimum Gasteiger partial charge on any atom is -0.493 e. The second kappa shape index (κ2) is 9.46. The average molecular weight is 384 g/mol. The molecule has 0 atom stereocenters. The van der Waals surface area contributed by atoms with E-state index in [0.29, 0.717) is 50.3 Å². The van der Waals surface area contributed by atoms with Gasteiger partial charge in [0.2, 0.25) is 5.91 Å². The second-order valence-electron chi connectivity index (χ2n) is 6.96. The summed E-state index contributed by atoms with van der Waals surface area (Å²) < 4.78 is 18.9. The number of hydrogen-bond donors (Lipinski definition) is 0. The summed E-state index contributed by atoms with van der Waals surface area (Å²) in [6, 6.07) is 13.9. The van der Waals surface area contributed by atoms with Crippen molar-refractivity contribution in [1.29, 1.82) is 0 Å². The van der Waals surface area contributed by atoms with Gasteiger partial charge >= 0.3 is 0 Å². The molecule has 1 aliphatic rings. The molecule has 6 heteroatoms. The maximum absolute atomic E-state index is 13.4. The van der Waals surface area contributed by atoms with Crippen molar-refractivity contribution in [1.82, 2.24) is 9.80 Å². The summed E-state index contributed by atoms with van der Waals surface area (Å²) in [6.07, 6.45) is 0.336. The van der Waals surface area contributed by atoms with Crippen molar-refractivity contribution in [3.8, 4) is 5.75 Å². The number of ketones is 1. The Morgan fingerprint density at radius 2 is 1.75 bits per heavy atom. The van der Waals surface area contributed by atoms with Gasteiger partial charge in [0.15, 0.2) is 5.78 Å². The molecule has 1 saturated heterocycles. The molecule has 3 rings (SSSR count). The fourth-order valence-electron chi connectivity index (χ4n) is 3.20. The van der Waals surface area contributed by atoms with Gasteiger partial charge in [0.25, 0.3) is 0 Å². The number of aryl methyl sites for hydroxylation is 1. The molecule has 2 aromatic carbocycles. The summed E-state index contributed by atoms with van der Waals surface area (Å²) in [5, 5.41) is 0. The first-order valence-electron chi connectivity index (χ1n) is 9.50. The molecule has 0 N–H and O–H groups in total. The van der Waals surface area contributed by atoms with Gasteiger partial charge in [0.1, 0.15) is 11.6 Å². The van der Waals surface area contributed by atoms with Gasteiger partial charge < -0.3 is 9.64 Å². The fraction of sp³-hybridized carbons (Fsp3) is 0.364. The standard InChI is InChI=1S/C22H25FN2O3/c1-17-15-18(7-8-20(17)23)21(26)16-24-10-12-25(13-11-24)22(27)9-14-28-19-5-3-2-4-6-19/h2-8,15H,9-14,16H2,1H3. The van der Waals surface area contributed by atoms with E-state index in [0.717, 1.165) is 5.75 Å². The molecule has 0 saturated carbocycles. The molecule has 1 fully saturated rings. The number of rotatable bonds is 7. The molecular formula is C22H25FN2O3. The predicted molar refractivity (Wildman–Crippen MR) is 105 cm³/mol. The van der Waals surface area contributed by atoms with Crippen molar-refractivity contribution in [3.05, 3.63) is 65.5 Å². The Labute approximate surface area is 164 Å². The maximum atomic E-state index is 13.4. The Kier molecular flexibility index (Phi) is 6.76. The number of benzene rings is 2. The van der Waals surface area contributed by atoms with Gasteiger partial charge in [-0.05, 0) is 42.8 Å². The van der Waals surface area contributed by atoms with Crippen LogP contribution in [-0.4, -0.2) is 60.8 Å². The summed E-state index contributed by atoms with van der Waals surface area (Å²) in [5.74, 6) is 0.491. The molecule has 0 radical (unpaired) electrons. The van der Waals surface area contributed by atoms with Crippen LogP contribution in [0.4, 0.5) is 4.39 Å². The fourth-order valence-corrected chi connectivity index (χ4v) is 3.20. The highest BCUT2D eigenvalue weighted by Gasteiger charge is 2.22. The van der Waals surface area contributed by atoms with Crippen molar-refractivity contribution < 1.29 is 18.7 Å². The first-order valence-corrected chi connectivity index (χ1v) is 9.50. The quantitative estimate of drug-likeness (QED) is 0.689. The molecular weight excluding hydrogens is 359 g/mol. The lowest BCUT2D eigenvalue weighted by atomic mass is 10.1. The van der Waals surface area contributed by atoms with Crippen molar-refractivity contribution >= 4 is 11.7 Å². The van der Waals surface area contributed by atoms with E-state index < -0.39 is 0 Å². The topological polar surface area (TPSA) is 49.9 Å². The lowest BCUT2D eigenvalue weighted by Gasteiger charge is -2.34. The summed E-state index contributed by atoms with van der Waals surface area (Å²) in [4.78, 5) is 28.6. The third-order valence-electron chi connectivity index (χ3n) is 4.90. The zero-order chi connectivity index (χ0) is 19.9. The number of piperazine rings is 1. The summed E-state index contributed by atoms with van der Waals surface area (Å²) >= 11 is 0. The average Bonchev–Trinajstić information content (AvgIpc) is 2.71. The zero-order valence-electron chi connectivity index (χ0n) is 16.1. The largest absolute Gasteiger partial charge is 0.493 e. The number of amides is 1. The number of hydrogen-bond acceptors (Lipinski definition) is 4. The highest BCUT2D eigenvalue weighted by atomic mass is 19.1. The molecule has 0 aliphatic carbocycles. The first-order chi connectivity index (χ1) is 13.5. The van der Waals surface area contributed by atoms with Crippen molar-refractivity contribution in [3.63, 3.8) is 0 Å². The predicted octanol–water partition coefficient (Wildman–Crippen LogP) is 2.93. The minimum atomic E-state index is -0.306. The summed E-state index contributed by atoms with van der Waals surface area (Å²) in [5.41, 5.74) is 0.995. The van der Waals surface area contributed by atoms with E-state index in [1.165, 1.54) is 12.1 Å². The van der Waals surface area contributed by atoms with Gasteiger partial charge in [0, 0.05) is 31.7 Å². The van der Waals surface area contributed by atoms with Crippen LogP contribution < -0.4 is 4.74 Å². The Hall–Kier alpha value is -2.73. The van der Waals surface area contributed by atoms with Crippen LogP contribution in [0.3, 0.4) is 0 Å². The van der Waals surface area contributed by atoms with E-state index in [1.807, 2.05) is 40.1 Å². The van der Waals surface area contributed by atoms with Crippen LogP contribution in [0.15, 0.2) is 48.5 Å². The van der Waals surface area contributed by atoms with Crippen LogP contribution in [0, 0.1) is 12.7 Å². The molecule has 0 spiro atoms. The van der Waals surface area contributed by atoms with Crippen LogP contribution in [0.5, 0.6) is 5.75 Å². The molecule has 2 aromatic rings. The number of Topliss-reactive ketones (excluding diaryl/α,β-unsaturated/α-hetero) is 1. The molecule has 0 aromatic heterocycles. The first kappa shape index (κ1) is 20.0. The van der Waals surface area contributed by atoms with E-state index in [4.69, 9.17) is 4.74 Å². The number of carbonyl (C=O) groups is 2. The number of carbonyl (C=O) groups excluding carboxylic acids is 2. The SMILES string of the molecule is Cc1cc(C(=O)CN2CCN(C(=O)CCOc3ccccc3)CC2)ccc1F. The van der Waals surface area contributed by atoms with Gasteiger partial charge in [-0.3, -0.25) is 14.5 Å². The second-order valence-corrected chi connectivity index (χ2v) is 6.96. The lowest BCUT2D eigenvalue weighted by Crippen LogP contribution is -2.50. The van der Waals surface area contributed by atoms with E-state index in [1.54, 1.807) is 13.0 Å². The van der Waals surface area contributed by atoms with Crippen LogP contribution in [0.1, 0.15) is 22.3 Å². The highest BCUT2D eigenvalue weighted by Crippen LogP contribution is 2.12. The third kappa shape index (κ3) is 5.39. The summed E-state index contributed by atoms with van der Waals surface area (Å²) in [6.45, 7) is 4.78. The van der Waals surface area contributed by atoms with Crippen LogP contribution in [0.2, 0.25) is 0 Å². The third-order valence-corrected chi connectivity index (χ3v) is 4.90. The van der Waals surface area contributed by atoms with Crippen LogP contribution >= 0.6 is 0 Å². The zero-order valence-corrected chi connectivity index (χ0v) is 16.1. The van der Waals surface area contributed by atoms with Gasteiger partial charge in [-0.25, -0.2) is 4.39 Å². The molecule has 1 amide bonds. The van der Waals surface area contributed by atoms with Gasteiger partial charge in [-0.2, -0.15) is 0 Å². The Morgan fingerprint density at radius 1 is 1.04 bits per heavy atom. The minimum absolute atomic E-state index is 0.0286. The Morgan fingerprint density at radius 3 is 2.43 bits per heavy atom. The number of nitrogens with zero attached hydrogens (tertiary/aromatic N) is 2. The van der Waals surface area contributed by atoms with Crippen LogP contribution in [-0.2, 0) is 4.79 Å². The van der Waals surface area contributed by atoms with Gasteiger partial charge in [0.05, 0.1) is 19.6 Å². The monoisotopic (exact) mass is 384 g/mol. The van der Waals surface area contributed by atoms with Gasteiger partial charge in [-0.15, -0.1) is 0 Å². The van der Waals surface area contributed by atoms with E-state index >= 15 is 0 Å².